The van der Waals surface area contributed by atoms with Crippen LogP contribution in [0.3, 0.4) is 0 Å². The van der Waals surface area contributed by atoms with E-state index in [1.54, 1.807) is 0 Å². The van der Waals surface area contributed by atoms with E-state index in [1.165, 1.54) is 22.3 Å². The summed E-state index contributed by atoms with van der Waals surface area (Å²) in [6, 6.07) is 17.2. The first kappa shape index (κ1) is 14.2. The number of thioether (sulfide) groups is 1. The number of rotatable bonds is 5. The minimum Gasteiger partial charge on any atom is -0.329 e. The van der Waals surface area contributed by atoms with Crippen LogP contribution in [-0.4, -0.2) is 6.54 Å². The molecule has 0 aromatic heterocycles. The first-order valence-corrected chi connectivity index (χ1v) is 7.68. The molecule has 2 rings (SSSR count). The zero-order valence-corrected chi connectivity index (χ0v) is 12.4. The molecule has 0 aliphatic heterocycles. The highest BCUT2D eigenvalue weighted by atomic mass is 32.2. The molecule has 1 atom stereocenters. The van der Waals surface area contributed by atoms with Gasteiger partial charge in [0.1, 0.15) is 0 Å². The van der Waals surface area contributed by atoms with Crippen molar-refractivity contribution in [3.05, 3.63) is 70.8 Å². The summed E-state index contributed by atoms with van der Waals surface area (Å²) in [5.41, 5.74) is 11.3. The van der Waals surface area contributed by atoms with Crippen LogP contribution in [0.4, 0.5) is 0 Å². The Bertz CT molecular complexity index is 536. The average molecular weight is 271 g/mol. The fourth-order valence-electron chi connectivity index (χ4n) is 2.13. The molecule has 0 saturated carbocycles. The van der Waals surface area contributed by atoms with E-state index in [1.807, 2.05) is 11.8 Å². The van der Waals surface area contributed by atoms with Gasteiger partial charge in [-0.15, -0.1) is 11.8 Å². The highest BCUT2D eigenvalue weighted by Gasteiger charge is 2.11. The summed E-state index contributed by atoms with van der Waals surface area (Å²) in [6.45, 7) is 4.98. The summed E-state index contributed by atoms with van der Waals surface area (Å²) < 4.78 is 0. The van der Waals surface area contributed by atoms with Gasteiger partial charge in [-0.1, -0.05) is 54.1 Å². The number of aryl methyl sites for hydroxylation is 2. The fourth-order valence-corrected chi connectivity index (χ4v) is 3.31. The molecule has 2 aromatic rings. The van der Waals surface area contributed by atoms with Gasteiger partial charge < -0.3 is 5.73 Å². The molecule has 2 N–H and O–H groups in total. The molecular weight excluding hydrogens is 250 g/mol. The van der Waals surface area contributed by atoms with Gasteiger partial charge in [-0.3, -0.25) is 0 Å². The standard InChI is InChI=1S/C17H21NS/c1-13-6-5-9-15(10-13)17(11-18)19-12-16-8-4-3-7-14(16)2/h3-10,17H,11-12,18H2,1-2H3. The van der Waals surface area contributed by atoms with Crippen molar-refractivity contribution in [1.29, 1.82) is 0 Å². The summed E-state index contributed by atoms with van der Waals surface area (Å²) in [5.74, 6) is 1.02. The largest absolute Gasteiger partial charge is 0.329 e. The Morgan fingerprint density at radius 3 is 2.53 bits per heavy atom. The quantitative estimate of drug-likeness (QED) is 0.880. The number of nitrogens with two attached hydrogens (primary N) is 1. The van der Waals surface area contributed by atoms with Crippen LogP contribution in [0, 0.1) is 13.8 Å². The first-order valence-electron chi connectivity index (χ1n) is 6.63. The van der Waals surface area contributed by atoms with E-state index in [4.69, 9.17) is 5.73 Å². The maximum atomic E-state index is 5.94. The molecule has 0 radical (unpaired) electrons. The summed E-state index contributed by atoms with van der Waals surface area (Å²) in [5, 5.41) is 0.375. The molecule has 0 heterocycles. The van der Waals surface area contributed by atoms with Gasteiger partial charge in [0.25, 0.3) is 0 Å². The van der Waals surface area contributed by atoms with Crippen LogP contribution < -0.4 is 5.73 Å². The SMILES string of the molecule is Cc1cccc(C(CN)SCc2ccccc2C)c1. The van der Waals surface area contributed by atoms with Crippen LogP contribution in [-0.2, 0) is 5.75 Å². The average Bonchev–Trinajstić information content (AvgIpc) is 2.41. The summed E-state index contributed by atoms with van der Waals surface area (Å²) in [6.07, 6.45) is 0. The monoisotopic (exact) mass is 271 g/mol. The second-order valence-corrected chi connectivity index (χ2v) is 6.07. The van der Waals surface area contributed by atoms with Crippen molar-refractivity contribution in [2.45, 2.75) is 24.9 Å². The second kappa shape index (κ2) is 6.78. The minimum atomic E-state index is 0.375. The Balaban J connectivity index is 2.06. The van der Waals surface area contributed by atoms with Gasteiger partial charge in [-0.25, -0.2) is 0 Å². The zero-order chi connectivity index (χ0) is 13.7. The van der Waals surface area contributed by atoms with Gasteiger partial charge in [0.2, 0.25) is 0 Å². The molecular formula is C17H21NS. The fraction of sp³-hybridized carbons (Fsp3) is 0.294. The topological polar surface area (TPSA) is 26.0 Å². The maximum absolute atomic E-state index is 5.94. The lowest BCUT2D eigenvalue weighted by atomic mass is 10.1. The van der Waals surface area contributed by atoms with Crippen molar-refractivity contribution in [3.63, 3.8) is 0 Å². The molecule has 2 heteroatoms. The zero-order valence-electron chi connectivity index (χ0n) is 11.6. The predicted molar refractivity (Wildman–Crippen MR) is 85.4 cm³/mol. The predicted octanol–water partition coefficient (Wildman–Crippen LogP) is 4.24. The molecule has 0 saturated heterocycles. The lowest BCUT2D eigenvalue weighted by molar-refractivity contribution is 0.938. The van der Waals surface area contributed by atoms with E-state index >= 15 is 0 Å². The summed E-state index contributed by atoms with van der Waals surface area (Å²) in [7, 11) is 0. The molecule has 1 unspecified atom stereocenters. The molecule has 0 spiro atoms. The summed E-state index contributed by atoms with van der Waals surface area (Å²) >= 11 is 1.93. The number of hydrogen-bond donors (Lipinski definition) is 1. The Kier molecular flexibility index (Phi) is 5.06. The molecule has 1 nitrogen and oxygen atoms in total. The van der Waals surface area contributed by atoms with Crippen LogP contribution in [0.25, 0.3) is 0 Å². The molecule has 0 amide bonds. The maximum Gasteiger partial charge on any atom is 0.0423 e. The van der Waals surface area contributed by atoms with Crippen molar-refractivity contribution >= 4 is 11.8 Å². The first-order chi connectivity index (χ1) is 9.20. The highest BCUT2D eigenvalue weighted by molar-refractivity contribution is 7.98. The lowest BCUT2D eigenvalue weighted by Crippen LogP contribution is -2.10. The van der Waals surface area contributed by atoms with E-state index in [0.29, 0.717) is 11.8 Å². The van der Waals surface area contributed by atoms with E-state index in [0.717, 1.165) is 5.75 Å². The molecule has 0 fully saturated rings. The third-order valence-electron chi connectivity index (χ3n) is 3.33. The van der Waals surface area contributed by atoms with Gasteiger partial charge in [-0.05, 0) is 30.5 Å². The van der Waals surface area contributed by atoms with Crippen molar-refractivity contribution in [2.24, 2.45) is 5.73 Å². The van der Waals surface area contributed by atoms with Gasteiger partial charge >= 0.3 is 0 Å². The third-order valence-corrected chi connectivity index (χ3v) is 4.67. The highest BCUT2D eigenvalue weighted by Crippen LogP contribution is 2.31. The van der Waals surface area contributed by atoms with Crippen molar-refractivity contribution in [2.75, 3.05) is 6.54 Å². The Morgan fingerprint density at radius 1 is 1.05 bits per heavy atom. The van der Waals surface area contributed by atoms with Gasteiger partial charge in [0.15, 0.2) is 0 Å². The van der Waals surface area contributed by atoms with Crippen LogP contribution in [0.5, 0.6) is 0 Å². The van der Waals surface area contributed by atoms with Gasteiger partial charge in [0.05, 0.1) is 0 Å². The normalized spacial score (nSPS) is 12.4. The number of benzene rings is 2. The van der Waals surface area contributed by atoms with Gasteiger partial charge in [0, 0.05) is 17.5 Å². The second-order valence-electron chi connectivity index (χ2n) is 4.88. The van der Waals surface area contributed by atoms with E-state index in [2.05, 4.69) is 62.4 Å². The van der Waals surface area contributed by atoms with Gasteiger partial charge in [-0.2, -0.15) is 0 Å². The Labute approximate surface area is 120 Å². The third kappa shape index (κ3) is 3.85. The van der Waals surface area contributed by atoms with Crippen molar-refractivity contribution in [1.82, 2.24) is 0 Å². The molecule has 0 aliphatic carbocycles. The van der Waals surface area contributed by atoms with Crippen LogP contribution >= 0.6 is 11.8 Å². The number of hydrogen-bond acceptors (Lipinski definition) is 2. The molecule has 0 aliphatic rings. The molecule has 0 bridgehead atoms. The molecule has 19 heavy (non-hydrogen) atoms. The lowest BCUT2D eigenvalue weighted by Gasteiger charge is -2.16. The van der Waals surface area contributed by atoms with Crippen LogP contribution in [0.15, 0.2) is 48.5 Å². The molecule has 100 valence electrons. The van der Waals surface area contributed by atoms with E-state index in [-0.39, 0.29) is 0 Å². The van der Waals surface area contributed by atoms with E-state index < -0.39 is 0 Å². The Morgan fingerprint density at radius 2 is 1.84 bits per heavy atom. The van der Waals surface area contributed by atoms with Crippen LogP contribution in [0.2, 0.25) is 0 Å². The van der Waals surface area contributed by atoms with Crippen LogP contribution in [0.1, 0.15) is 27.5 Å². The minimum absolute atomic E-state index is 0.375. The van der Waals surface area contributed by atoms with E-state index in [9.17, 15) is 0 Å². The summed E-state index contributed by atoms with van der Waals surface area (Å²) in [4.78, 5) is 0. The smallest absolute Gasteiger partial charge is 0.0423 e. The van der Waals surface area contributed by atoms with Crippen molar-refractivity contribution in [3.8, 4) is 0 Å². The molecule has 2 aromatic carbocycles. The Hall–Kier alpha value is -1.25. The van der Waals surface area contributed by atoms with Crippen molar-refractivity contribution < 1.29 is 0 Å².